The Kier molecular flexibility index (Phi) is 4.53. The summed E-state index contributed by atoms with van der Waals surface area (Å²) in [6.45, 7) is 4.10. The highest BCUT2D eigenvalue weighted by Crippen LogP contribution is 2.26. The maximum absolute atomic E-state index is 11.5. The molecule has 0 radical (unpaired) electrons. The highest BCUT2D eigenvalue weighted by atomic mass is 16.5. The zero-order valence-electron chi connectivity index (χ0n) is 11.7. The predicted molar refractivity (Wildman–Crippen MR) is 77.5 cm³/mol. The molecule has 1 unspecified atom stereocenters. The van der Waals surface area contributed by atoms with Crippen LogP contribution >= 0.6 is 0 Å². The molecule has 0 spiro atoms. The number of carbonyl (C=O) groups is 1. The van der Waals surface area contributed by atoms with Crippen LogP contribution in [0.25, 0.3) is 0 Å². The number of benzene rings is 2. The largest absolute Gasteiger partial charge is 0.479 e. The van der Waals surface area contributed by atoms with Crippen LogP contribution in [0.2, 0.25) is 0 Å². The summed E-state index contributed by atoms with van der Waals surface area (Å²) in [5.74, 6) is -0.960. The Balaban J connectivity index is 2.22. The molecule has 0 aliphatic heterocycles. The number of rotatable bonds is 5. The number of carboxylic acid groups (broad SMARTS) is 1. The van der Waals surface area contributed by atoms with Gasteiger partial charge in [-0.3, -0.25) is 0 Å². The third-order valence-corrected chi connectivity index (χ3v) is 3.29. The minimum absolute atomic E-state index is 0.283. The summed E-state index contributed by atoms with van der Waals surface area (Å²) in [5, 5.41) is 9.43. The molecule has 3 heteroatoms. The van der Waals surface area contributed by atoms with Crippen LogP contribution in [-0.2, 0) is 16.1 Å². The molecule has 0 heterocycles. The highest BCUT2D eigenvalue weighted by molar-refractivity contribution is 5.75. The van der Waals surface area contributed by atoms with E-state index >= 15 is 0 Å². The second kappa shape index (κ2) is 6.35. The Labute approximate surface area is 118 Å². The first-order valence-corrected chi connectivity index (χ1v) is 6.54. The van der Waals surface area contributed by atoms with Crippen molar-refractivity contribution in [2.24, 2.45) is 0 Å². The fourth-order valence-electron chi connectivity index (χ4n) is 2.27. The zero-order valence-corrected chi connectivity index (χ0v) is 11.7. The summed E-state index contributed by atoms with van der Waals surface area (Å²) in [5.41, 5.74) is 3.58. The van der Waals surface area contributed by atoms with E-state index in [1.165, 1.54) is 0 Å². The monoisotopic (exact) mass is 270 g/mol. The number of ether oxygens (including phenoxy) is 1. The summed E-state index contributed by atoms with van der Waals surface area (Å²) in [7, 11) is 0. The highest BCUT2D eigenvalue weighted by Gasteiger charge is 2.24. The molecule has 0 saturated carbocycles. The van der Waals surface area contributed by atoms with Crippen LogP contribution in [0.5, 0.6) is 0 Å². The van der Waals surface area contributed by atoms with Crippen molar-refractivity contribution in [2.75, 3.05) is 0 Å². The Morgan fingerprint density at radius 1 is 1.05 bits per heavy atom. The SMILES string of the molecule is Cc1cccc(C)c1C(OCc1ccccc1)C(=O)O. The maximum atomic E-state index is 11.5. The second-order valence-electron chi connectivity index (χ2n) is 4.82. The molecule has 2 aromatic carbocycles. The molecule has 0 bridgehead atoms. The molecule has 104 valence electrons. The third-order valence-electron chi connectivity index (χ3n) is 3.29. The van der Waals surface area contributed by atoms with Crippen LogP contribution in [0.4, 0.5) is 0 Å². The molecule has 0 fully saturated rings. The number of hydrogen-bond acceptors (Lipinski definition) is 2. The van der Waals surface area contributed by atoms with Crippen molar-refractivity contribution < 1.29 is 14.6 Å². The van der Waals surface area contributed by atoms with Crippen molar-refractivity contribution in [3.05, 3.63) is 70.8 Å². The lowest BCUT2D eigenvalue weighted by atomic mass is 9.98. The number of hydrogen-bond donors (Lipinski definition) is 1. The number of aryl methyl sites for hydroxylation is 2. The lowest BCUT2D eigenvalue weighted by Crippen LogP contribution is -2.17. The van der Waals surface area contributed by atoms with Gasteiger partial charge in [-0.15, -0.1) is 0 Å². The molecule has 0 amide bonds. The van der Waals surface area contributed by atoms with Crippen LogP contribution in [-0.4, -0.2) is 11.1 Å². The first kappa shape index (κ1) is 14.3. The minimum atomic E-state index is -0.960. The first-order chi connectivity index (χ1) is 9.59. The van der Waals surface area contributed by atoms with Gasteiger partial charge in [0.1, 0.15) is 0 Å². The van der Waals surface area contributed by atoms with Crippen molar-refractivity contribution in [1.29, 1.82) is 0 Å². The van der Waals surface area contributed by atoms with Gasteiger partial charge in [0.05, 0.1) is 6.61 Å². The van der Waals surface area contributed by atoms with Crippen molar-refractivity contribution in [3.8, 4) is 0 Å². The Bertz CT molecular complexity index is 570. The van der Waals surface area contributed by atoms with E-state index in [1.807, 2.05) is 62.4 Å². The average molecular weight is 270 g/mol. The number of carboxylic acids is 1. The number of aliphatic carboxylic acids is 1. The second-order valence-corrected chi connectivity index (χ2v) is 4.82. The van der Waals surface area contributed by atoms with Gasteiger partial charge in [-0.2, -0.15) is 0 Å². The third kappa shape index (κ3) is 3.25. The molecule has 0 aromatic heterocycles. The van der Waals surface area contributed by atoms with Crippen LogP contribution in [0.15, 0.2) is 48.5 Å². The van der Waals surface area contributed by atoms with Gasteiger partial charge in [-0.25, -0.2) is 4.79 Å². The molecule has 2 aromatic rings. The van der Waals surface area contributed by atoms with E-state index in [4.69, 9.17) is 4.74 Å². The van der Waals surface area contributed by atoms with Crippen molar-refractivity contribution in [2.45, 2.75) is 26.6 Å². The van der Waals surface area contributed by atoms with Gasteiger partial charge in [0.15, 0.2) is 6.10 Å². The average Bonchev–Trinajstić information content (AvgIpc) is 2.42. The fourth-order valence-corrected chi connectivity index (χ4v) is 2.27. The summed E-state index contributed by atoms with van der Waals surface area (Å²) < 4.78 is 5.64. The maximum Gasteiger partial charge on any atom is 0.337 e. The van der Waals surface area contributed by atoms with E-state index in [9.17, 15) is 9.90 Å². The summed E-state index contributed by atoms with van der Waals surface area (Å²) >= 11 is 0. The normalized spacial score (nSPS) is 12.1. The lowest BCUT2D eigenvalue weighted by molar-refractivity contribution is -0.151. The molecule has 2 rings (SSSR count). The standard InChI is InChI=1S/C17H18O3/c1-12-7-6-8-13(2)15(12)16(17(18)19)20-11-14-9-4-3-5-10-14/h3-10,16H,11H2,1-2H3,(H,18,19). The molecule has 0 saturated heterocycles. The molecular weight excluding hydrogens is 252 g/mol. The topological polar surface area (TPSA) is 46.5 Å². The van der Waals surface area contributed by atoms with E-state index in [-0.39, 0.29) is 6.61 Å². The van der Waals surface area contributed by atoms with E-state index in [0.29, 0.717) is 0 Å². The molecule has 1 atom stereocenters. The van der Waals surface area contributed by atoms with Gasteiger partial charge < -0.3 is 9.84 Å². The Hall–Kier alpha value is -2.13. The van der Waals surface area contributed by atoms with Gasteiger partial charge in [-0.05, 0) is 36.1 Å². The van der Waals surface area contributed by atoms with Crippen molar-refractivity contribution >= 4 is 5.97 Å². The van der Waals surface area contributed by atoms with E-state index in [2.05, 4.69) is 0 Å². The van der Waals surface area contributed by atoms with Crippen LogP contribution in [0.3, 0.4) is 0 Å². The lowest BCUT2D eigenvalue weighted by Gasteiger charge is -2.18. The van der Waals surface area contributed by atoms with Crippen molar-refractivity contribution in [1.82, 2.24) is 0 Å². The van der Waals surface area contributed by atoms with E-state index in [1.54, 1.807) is 0 Å². The van der Waals surface area contributed by atoms with Gasteiger partial charge in [-0.1, -0.05) is 48.5 Å². The van der Waals surface area contributed by atoms with Crippen molar-refractivity contribution in [3.63, 3.8) is 0 Å². The molecule has 3 nitrogen and oxygen atoms in total. The Morgan fingerprint density at radius 3 is 2.20 bits per heavy atom. The summed E-state index contributed by atoms with van der Waals surface area (Å²) in [4.78, 5) is 11.5. The minimum Gasteiger partial charge on any atom is -0.479 e. The zero-order chi connectivity index (χ0) is 14.5. The molecule has 1 N–H and O–H groups in total. The fraction of sp³-hybridized carbons (Fsp3) is 0.235. The van der Waals surface area contributed by atoms with Crippen LogP contribution in [0, 0.1) is 13.8 Å². The Morgan fingerprint density at radius 2 is 1.65 bits per heavy atom. The van der Waals surface area contributed by atoms with Gasteiger partial charge in [0.25, 0.3) is 0 Å². The summed E-state index contributed by atoms with van der Waals surface area (Å²) in [6, 6.07) is 15.3. The van der Waals surface area contributed by atoms with Gasteiger partial charge >= 0.3 is 5.97 Å². The smallest absolute Gasteiger partial charge is 0.337 e. The van der Waals surface area contributed by atoms with E-state index in [0.717, 1.165) is 22.3 Å². The predicted octanol–water partition coefficient (Wildman–Crippen LogP) is 3.65. The summed E-state index contributed by atoms with van der Waals surface area (Å²) in [6.07, 6.45) is -0.934. The molecule has 20 heavy (non-hydrogen) atoms. The first-order valence-electron chi connectivity index (χ1n) is 6.54. The van der Waals surface area contributed by atoms with Crippen LogP contribution < -0.4 is 0 Å². The molecule has 0 aliphatic carbocycles. The van der Waals surface area contributed by atoms with Crippen LogP contribution in [0.1, 0.15) is 28.4 Å². The van der Waals surface area contributed by atoms with Gasteiger partial charge in [0.2, 0.25) is 0 Å². The quantitative estimate of drug-likeness (QED) is 0.902. The van der Waals surface area contributed by atoms with Gasteiger partial charge in [0, 0.05) is 0 Å². The molecular formula is C17H18O3. The van der Waals surface area contributed by atoms with E-state index < -0.39 is 12.1 Å². The molecule has 0 aliphatic rings.